The van der Waals surface area contributed by atoms with Crippen LogP contribution in [0.2, 0.25) is 0 Å². The van der Waals surface area contributed by atoms with Gasteiger partial charge in [-0.05, 0) is 49.6 Å². The largest absolute Gasteiger partial charge is 0.492 e. The molecule has 3 aromatic rings. The SMILES string of the molecule is CCOc1cc(-c2ccc(N3CCC(C)(SCC(C)C)CC3)nc2)c2c(C#N)cnn2c1. The highest BCUT2D eigenvalue weighted by molar-refractivity contribution is 8.00. The number of pyridine rings is 2. The summed E-state index contributed by atoms with van der Waals surface area (Å²) >= 11 is 2.12. The first-order chi connectivity index (χ1) is 15.4. The van der Waals surface area contributed by atoms with Crippen LogP contribution < -0.4 is 9.64 Å². The first-order valence-electron chi connectivity index (χ1n) is 11.3. The molecule has 1 saturated heterocycles. The normalized spacial score (nSPS) is 15.8. The summed E-state index contributed by atoms with van der Waals surface area (Å²) in [4.78, 5) is 7.17. The van der Waals surface area contributed by atoms with Gasteiger partial charge in [0.25, 0.3) is 0 Å². The molecule has 7 heteroatoms. The van der Waals surface area contributed by atoms with Gasteiger partial charge in [-0.1, -0.05) is 20.8 Å². The lowest BCUT2D eigenvalue weighted by Gasteiger charge is -2.40. The quantitative estimate of drug-likeness (QED) is 0.480. The summed E-state index contributed by atoms with van der Waals surface area (Å²) in [6, 6.07) is 8.39. The van der Waals surface area contributed by atoms with E-state index in [4.69, 9.17) is 9.72 Å². The molecule has 0 atom stereocenters. The molecule has 0 bridgehead atoms. The maximum absolute atomic E-state index is 9.53. The Morgan fingerprint density at radius 1 is 1.25 bits per heavy atom. The Bertz CT molecular complexity index is 1110. The van der Waals surface area contributed by atoms with Crippen LogP contribution in [0, 0.1) is 17.2 Å². The number of aromatic nitrogens is 3. The molecule has 0 N–H and O–H groups in total. The molecule has 3 aromatic heterocycles. The summed E-state index contributed by atoms with van der Waals surface area (Å²) in [5.74, 6) is 3.68. The Balaban J connectivity index is 1.55. The maximum Gasteiger partial charge on any atom is 0.138 e. The zero-order valence-corrected chi connectivity index (χ0v) is 20.2. The fourth-order valence-electron chi connectivity index (χ4n) is 4.10. The van der Waals surface area contributed by atoms with Crippen molar-refractivity contribution in [2.45, 2.75) is 45.3 Å². The minimum Gasteiger partial charge on any atom is -0.492 e. The molecule has 0 unspecified atom stereocenters. The number of ether oxygens (including phenoxy) is 1. The van der Waals surface area contributed by atoms with Crippen LogP contribution in [0.15, 0.2) is 36.8 Å². The smallest absolute Gasteiger partial charge is 0.138 e. The van der Waals surface area contributed by atoms with Crippen molar-refractivity contribution in [1.29, 1.82) is 5.26 Å². The van der Waals surface area contributed by atoms with E-state index in [-0.39, 0.29) is 0 Å². The third-order valence-electron chi connectivity index (χ3n) is 5.99. The minimum absolute atomic E-state index is 0.363. The van der Waals surface area contributed by atoms with Crippen molar-refractivity contribution >= 4 is 23.1 Å². The Morgan fingerprint density at radius 2 is 2.03 bits per heavy atom. The zero-order valence-electron chi connectivity index (χ0n) is 19.3. The predicted molar refractivity (Wildman–Crippen MR) is 131 cm³/mol. The second kappa shape index (κ2) is 9.41. The molecule has 4 heterocycles. The second-order valence-electron chi connectivity index (χ2n) is 9.03. The third-order valence-corrected chi connectivity index (χ3v) is 7.93. The van der Waals surface area contributed by atoms with Crippen molar-refractivity contribution in [2.75, 3.05) is 30.3 Å². The fourth-order valence-corrected chi connectivity index (χ4v) is 5.30. The standard InChI is InChI=1S/C25H31N5OS/c1-5-31-21-12-22(24-20(13-26)15-28-30(24)16-21)19-6-7-23(27-14-19)29-10-8-25(4,9-11-29)32-17-18(2)3/h6-7,12,14-16,18H,5,8-11,17H2,1-4H3. The highest BCUT2D eigenvalue weighted by Crippen LogP contribution is 2.38. The van der Waals surface area contributed by atoms with E-state index in [0.717, 1.165) is 47.2 Å². The van der Waals surface area contributed by atoms with E-state index in [9.17, 15) is 5.26 Å². The van der Waals surface area contributed by atoms with Gasteiger partial charge in [-0.3, -0.25) is 0 Å². The molecule has 1 fully saturated rings. The maximum atomic E-state index is 9.53. The number of anilines is 1. The second-order valence-corrected chi connectivity index (χ2v) is 10.6. The van der Waals surface area contributed by atoms with Crippen LogP contribution in [0.5, 0.6) is 5.75 Å². The van der Waals surface area contributed by atoms with Crippen molar-refractivity contribution in [3.63, 3.8) is 0 Å². The molecule has 0 radical (unpaired) electrons. The van der Waals surface area contributed by atoms with Gasteiger partial charge < -0.3 is 9.64 Å². The van der Waals surface area contributed by atoms with Gasteiger partial charge in [0.05, 0.1) is 30.1 Å². The monoisotopic (exact) mass is 449 g/mol. The lowest BCUT2D eigenvalue weighted by Crippen LogP contribution is -2.41. The van der Waals surface area contributed by atoms with Gasteiger partial charge in [0.2, 0.25) is 0 Å². The van der Waals surface area contributed by atoms with Crippen molar-refractivity contribution in [2.24, 2.45) is 5.92 Å². The number of fused-ring (bicyclic) bond motifs is 1. The Hall–Kier alpha value is -2.72. The molecule has 4 rings (SSSR count). The van der Waals surface area contributed by atoms with Crippen molar-refractivity contribution in [3.8, 4) is 22.9 Å². The Morgan fingerprint density at radius 3 is 2.66 bits per heavy atom. The Labute approximate surface area is 194 Å². The van der Waals surface area contributed by atoms with Crippen molar-refractivity contribution in [3.05, 3.63) is 42.4 Å². The molecular formula is C25H31N5OS. The van der Waals surface area contributed by atoms with Gasteiger partial charge in [0.1, 0.15) is 17.6 Å². The van der Waals surface area contributed by atoms with Crippen molar-refractivity contribution in [1.82, 2.24) is 14.6 Å². The highest BCUT2D eigenvalue weighted by atomic mass is 32.2. The lowest BCUT2D eigenvalue weighted by molar-refractivity contribution is 0.338. The number of nitrogens with zero attached hydrogens (tertiary/aromatic N) is 5. The summed E-state index contributed by atoms with van der Waals surface area (Å²) in [5.41, 5.74) is 3.18. The first kappa shape index (κ1) is 22.5. The van der Waals surface area contributed by atoms with Crippen LogP contribution in [0.25, 0.3) is 16.6 Å². The molecule has 6 nitrogen and oxygen atoms in total. The van der Waals surface area contributed by atoms with E-state index < -0.39 is 0 Å². The molecule has 0 amide bonds. The number of nitriles is 1. The van der Waals surface area contributed by atoms with E-state index in [1.54, 1.807) is 10.7 Å². The summed E-state index contributed by atoms with van der Waals surface area (Å²) in [6.07, 6.45) is 7.65. The topological polar surface area (TPSA) is 66.5 Å². The van der Waals surface area contributed by atoms with Gasteiger partial charge in [-0.15, -0.1) is 0 Å². The molecular weight excluding hydrogens is 418 g/mol. The number of rotatable bonds is 7. The van der Waals surface area contributed by atoms with E-state index in [2.05, 4.69) is 60.7 Å². The molecule has 32 heavy (non-hydrogen) atoms. The summed E-state index contributed by atoms with van der Waals surface area (Å²) in [5, 5.41) is 13.9. The minimum atomic E-state index is 0.363. The van der Waals surface area contributed by atoms with Crippen LogP contribution >= 0.6 is 11.8 Å². The van der Waals surface area contributed by atoms with Gasteiger partial charge in [-0.2, -0.15) is 22.1 Å². The zero-order chi connectivity index (χ0) is 22.7. The Kier molecular flexibility index (Phi) is 6.61. The highest BCUT2D eigenvalue weighted by Gasteiger charge is 2.31. The molecule has 0 saturated carbocycles. The van der Waals surface area contributed by atoms with Gasteiger partial charge in [-0.25, -0.2) is 9.50 Å². The molecule has 0 spiro atoms. The molecule has 1 aliphatic heterocycles. The molecule has 0 aromatic carbocycles. The summed E-state index contributed by atoms with van der Waals surface area (Å²) in [7, 11) is 0. The van der Waals surface area contributed by atoms with Gasteiger partial charge in [0.15, 0.2) is 0 Å². The number of thioether (sulfide) groups is 1. The third kappa shape index (κ3) is 4.71. The van der Waals surface area contributed by atoms with E-state index in [1.165, 1.54) is 18.6 Å². The first-order valence-corrected chi connectivity index (χ1v) is 12.3. The summed E-state index contributed by atoms with van der Waals surface area (Å²) < 4.78 is 7.80. The van der Waals surface area contributed by atoms with E-state index in [1.807, 2.05) is 25.4 Å². The van der Waals surface area contributed by atoms with Gasteiger partial charge >= 0.3 is 0 Å². The van der Waals surface area contributed by atoms with Crippen LogP contribution in [-0.2, 0) is 0 Å². The van der Waals surface area contributed by atoms with Crippen LogP contribution in [0.1, 0.15) is 46.1 Å². The number of hydrogen-bond acceptors (Lipinski definition) is 6. The van der Waals surface area contributed by atoms with Gasteiger partial charge in [0, 0.05) is 35.2 Å². The van der Waals surface area contributed by atoms with E-state index in [0.29, 0.717) is 16.9 Å². The van der Waals surface area contributed by atoms with Crippen LogP contribution in [0.3, 0.4) is 0 Å². The lowest BCUT2D eigenvalue weighted by atomic mass is 9.98. The van der Waals surface area contributed by atoms with Crippen molar-refractivity contribution < 1.29 is 4.74 Å². The van der Waals surface area contributed by atoms with E-state index >= 15 is 0 Å². The molecule has 168 valence electrons. The number of hydrogen-bond donors (Lipinski definition) is 0. The predicted octanol–water partition coefficient (Wildman–Crippen LogP) is 5.41. The fraction of sp³-hybridized carbons (Fsp3) is 0.480. The number of piperidine rings is 1. The average Bonchev–Trinajstić information content (AvgIpc) is 3.21. The average molecular weight is 450 g/mol. The van der Waals surface area contributed by atoms with Crippen LogP contribution in [0.4, 0.5) is 5.82 Å². The molecule has 0 aliphatic carbocycles. The summed E-state index contributed by atoms with van der Waals surface area (Å²) in [6.45, 7) is 11.6. The molecule has 1 aliphatic rings. The van der Waals surface area contributed by atoms with Crippen LogP contribution in [-0.4, -0.2) is 44.8 Å².